The van der Waals surface area contributed by atoms with Gasteiger partial charge in [0.1, 0.15) is 5.82 Å². The molecule has 2 heterocycles. The van der Waals surface area contributed by atoms with Crippen LogP contribution in [0.2, 0.25) is 0 Å². The van der Waals surface area contributed by atoms with Crippen LogP contribution in [0, 0.1) is 19.8 Å². The molecule has 4 rings (SSSR count). The second-order valence-electron chi connectivity index (χ2n) is 7.59. The van der Waals surface area contributed by atoms with E-state index in [1.54, 1.807) is 0 Å². The molecule has 1 aromatic heterocycles. The number of aromatic nitrogens is 2. The number of rotatable bonds is 3. The molecule has 2 aromatic carbocycles. The zero-order valence-corrected chi connectivity index (χ0v) is 15.7. The van der Waals surface area contributed by atoms with Crippen LogP contribution in [0.3, 0.4) is 0 Å². The first-order chi connectivity index (χ1) is 12.5. The van der Waals surface area contributed by atoms with Gasteiger partial charge in [0.2, 0.25) is 0 Å². The van der Waals surface area contributed by atoms with Crippen molar-refractivity contribution in [2.45, 2.75) is 46.7 Å². The predicted molar refractivity (Wildman–Crippen MR) is 104 cm³/mol. The Morgan fingerprint density at radius 2 is 2.08 bits per heavy atom. The van der Waals surface area contributed by atoms with E-state index in [9.17, 15) is 4.79 Å². The van der Waals surface area contributed by atoms with Gasteiger partial charge in [-0.25, -0.2) is 4.98 Å². The Balaban J connectivity index is 1.54. The first-order valence-corrected chi connectivity index (χ1v) is 9.35. The fourth-order valence-electron chi connectivity index (χ4n) is 3.76. The molecular weight excluding hydrogens is 322 g/mol. The van der Waals surface area contributed by atoms with Gasteiger partial charge in [0.05, 0.1) is 11.0 Å². The van der Waals surface area contributed by atoms with Crippen molar-refractivity contribution in [1.82, 2.24) is 14.9 Å². The molecular formula is C22H25N3O. The standard InChI is InChI=1S/C22H25N3O/c1-14-4-5-16(3)18(10-14)13-23-22(26)17-6-7-20-19(12-17)24-21-11-15(2)8-9-25(20)21/h4-7,10,12,15H,8-9,11,13H2,1-3H3,(H,23,26)/t15-/m0/s1. The molecule has 0 saturated carbocycles. The number of amides is 1. The van der Waals surface area contributed by atoms with E-state index in [1.165, 1.54) is 17.5 Å². The van der Waals surface area contributed by atoms with Crippen molar-refractivity contribution in [2.75, 3.05) is 0 Å². The van der Waals surface area contributed by atoms with Gasteiger partial charge in [-0.15, -0.1) is 0 Å². The highest BCUT2D eigenvalue weighted by Gasteiger charge is 2.19. The van der Waals surface area contributed by atoms with Crippen LogP contribution in [-0.2, 0) is 19.5 Å². The Hall–Kier alpha value is -2.62. The Morgan fingerprint density at radius 3 is 2.92 bits per heavy atom. The average Bonchev–Trinajstić information content (AvgIpc) is 2.98. The van der Waals surface area contributed by atoms with Crippen molar-refractivity contribution in [1.29, 1.82) is 0 Å². The molecule has 1 aliphatic rings. The number of hydrogen-bond donors (Lipinski definition) is 1. The largest absolute Gasteiger partial charge is 0.348 e. The van der Waals surface area contributed by atoms with Gasteiger partial charge in [-0.2, -0.15) is 0 Å². The van der Waals surface area contributed by atoms with E-state index in [4.69, 9.17) is 4.98 Å². The van der Waals surface area contributed by atoms with Gasteiger partial charge in [0, 0.05) is 25.1 Å². The number of fused-ring (bicyclic) bond motifs is 3. The molecule has 0 fully saturated rings. The minimum absolute atomic E-state index is 0.0489. The maximum atomic E-state index is 12.6. The molecule has 0 saturated heterocycles. The molecule has 1 aliphatic heterocycles. The summed E-state index contributed by atoms with van der Waals surface area (Å²) < 4.78 is 2.30. The minimum Gasteiger partial charge on any atom is -0.348 e. The minimum atomic E-state index is -0.0489. The van der Waals surface area contributed by atoms with Crippen LogP contribution in [0.25, 0.3) is 11.0 Å². The highest BCUT2D eigenvalue weighted by Crippen LogP contribution is 2.25. The SMILES string of the molecule is Cc1ccc(C)c(CNC(=O)c2ccc3c(c2)nc2n3CC[C@H](C)C2)c1. The maximum Gasteiger partial charge on any atom is 0.251 e. The third-order valence-corrected chi connectivity index (χ3v) is 5.41. The Morgan fingerprint density at radius 1 is 1.23 bits per heavy atom. The molecule has 0 aliphatic carbocycles. The average molecular weight is 347 g/mol. The summed E-state index contributed by atoms with van der Waals surface area (Å²) in [7, 11) is 0. The molecule has 3 aromatic rings. The van der Waals surface area contributed by atoms with Gasteiger partial charge in [-0.3, -0.25) is 4.79 Å². The summed E-state index contributed by atoms with van der Waals surface area (Å²) in [5, 5.41) is 3.04. The summed E-state index contributed by atoms with van der Waals surface area (Å²) in [6.45, 7) is 7.98. The lowest BCUT2D eigenvalue weighted by Gasteiger charge is -2.20. The predicted octanol–water partition coefficient (Wildman–Crippen LogP) is 4.17. The van der Waals surface area contributed by atoms with Crippen LogP contribution in [0.4, 0.5) is 0 Å². The van der Waals surface area contributed by atoms with Crippen LogP contribution >= 0.6 is 0 Å². The van der Waals surface area contributed by atoms with E-state index in [0.717, 1.165) is 35.4 Å². The molecule has 1 N–H and O–H groups in total. The van der Waals surface area contributed by atoms with Crippen molar-refractivity contribution in [2.24, 2.45) is 5.92 Å². The number of carbonyl (C=O) groups is 1. The summed E-state index contributed by atoms with van der Waals surface area (Å²) in [5.41, 5.74) is 6.30. The molecule has 0 unspecified atom stereocenters. The first-order valence-electron chi connectivity index (χ1n) is 9.35. The summed E-state index contributed by atoms with van der Waals surface area (Å²) in [4.78, 5) is 17.4. The van der Waals surface area contributed by atoms with Crippen molar-refractivity contribution >= 4 is 16.9 Å². The van der Waals surface area contributed by atoms with Crippen LogP contribution in [0.1, 0.15) is 46.2 Å². The van der Waals surface area contributed by atoms with Gasteiger partial charge in [-0.1, -0.05) is 30.7 Å². The fraction of sp³-hybridized carbons (Fsp3) is 0.364. The Labute approximate surface area is 154 Å². The smallest absolute Gasteiger partial charge is 0.251 e. The van der Waals surface area contributed by atoms with Gasteiger partial charge in [0.25, 0.3) is 5.91 Å². The molecule has 0 bridgehead atoms. The van der Waals surface area contributed by atoms with E-state index < -0.39 is 0 Å². The number of carbonyl (C=O) groups excluding carboxylic acids is 1. The topological polar surface area (TPSA) is 46.9 Å². The van der Waals surface area contributed by atoms with Crippen molar-refractivity contribution in [3.8, 4) is 0 Å². The lowest BCUT2D eigenvalue weighted by atomic mass is 10.0. The van der Waals surface area contributed by atoms with Gasteiger partial charge < -0.3 is 9.88 Å². The summed E-state index contributed by atoms with van der Waals surface area (Å²) >= 11 is 0. The normalized spacial score (nSPS) is 16.5. The number of hydrogen-bond acceptors (Lipinski definition) is 2. The van der Waals surface area contributed by atoms with E-state index in [2.05, 4.69) is 48.9 Å². The molecule has 26 heavy (non-hydrogen) atoms. The third-order valence-electron chi connectivity index (χ3n) is 5.41. The molecule has 0 spiro atoms. The number of nitrogens with zero attached hydrogens (tertiary/aromatic N) is 2. The van der Waals surface area contributed by atoms with Gasteiger partial charge >= 0.3 is 0 Å². The molecule has 1 atom stereocenters. The van der Waals surface area contributed by atoms with Gasteiger partial charge in [0.15, 0.2) is 0 Å². The highest BCUT2D eigenvalue weighted by atomic mass is 16.1. The summed E-state index contributed by atoms with van der Waals surface area (Å²) in [6.07, 6.45) is 2.21. The highest BCUT2D eigenvalue weighted by molar-refractivity contribution is 5.97. The Bertz CT molecular complexity index is 986. The summed E-state index contributed by atoms with van der Waals surface area (Å²) in [6, 6.07) is 12.2. The lowest BCUT2D eigenvalue weighted by Crippen LogP contribution is -2.23. The van der Waals surface area contributed by atoms with Crippen LogP contribution in [0.15, 0.2) is 36.4 Å². The van der Waals surface area contributed by atoms with Crippen LogP contribution in [0.5, 0.6) is 0 Å². The zero-order valence-electron chi connectivity index (χ0n) is 15.7. The van der Waals surface area contributed by atoms with E-state index >= 15 is 0 Å². The molecule has 4 nitrogen and oxygen atoms in total. The molecule has 1 amide bonds. The van der Waals surface area contributed by atoms with Crippen LogP contribution < -0.4 is 5.32 Å². The maximum absolute atomic E-state index is 12.6. The van der Waals surface area contributed by atoms with E-state index in [-0.39, 0.29) is 5.91 Å². The lowest BCUT2D eigenvalue weighted by molar-refractivity contribution is 0.0951. The second kappa shape index (κ2) is 6.60. The zero-order chi connectivity index (χ0) is 18.3. The van der Waals surface area contributed by atoms with Crippen LogP contribution in [-0.4, -0.2) is 15.5 Å². The number of nitrogens with one attached hydrogen (secondary N) is 1. The quantitative estimate of drug-likeness (QED) is 0.773. The molecule has 4 heteroatoms. The fourth-order valence-corrected chi connectivity index (χ4v) is 3.76. The van der Waals surface area contributed by atoms with Crippen molar-refractivity contribution in [3.63, 3.8) is 0 Å². The first kappa shape index (κ1) is 16.8. The number of imidazole rings is 1. The third kappa shape index (κ3) is 3.12. The number of benzene rings is 2. The van der Waals surface area contributed by atoms with Gasteiger partial charge in [-0.05, 0) is 55.5 Å². The second-order valence-corrected chi connectivity index (χ2v) is 7.59. The Kier molecular flexibility index (Phi) is 4.27. The number of aryl methyl sites for hydroxylation is 3. The van der Waals surface area contributed by atoms with Crippen molar-refractivity contribution in [3.05, 3.63) is 64.5 Å². The molecule has 134 valence electrons. The monoisotopic (exact) mass is 347 g/mol. The van der Waals surface area contributed by atoms with Crippen molar-refractivity contribution < 1.29 is 4.79 Å². The molecule has 0 radical (unpaired) electrons. The summed E-state index contributed by atoms with van der Waals surface area (Å²) in [5.74, 6) is 1.78. The van der Waals surface area contributed by atoms with E-state index in [1.807, 2.05) is 18.2 Å². The van der Waals surface area contributed by atoms with E-state index in [0.29, 0.717) is 18.0 Å².